The Hall–Kier alpha value is -1.95. The number of unbranched alkanes of at least 4 members (excludes halogenated alkanes) is 11. The molecule has 0 aromatic heterocycles. The molecule has 0 aliphatic heterocycles. The van der Waals surface area contributed by atoms with Crippen molar-refractivity contribution in [2.75, 3.05) is 6.61 Å². The average Bonchev–Trinajstić information content (AvgIpc) is 2.99. The lowest BCUT2D eigenvalue weighted by Crippen LogP contribution is -2.45. The van der Waals surface area contributed by atoms with Gasteiger partial charge in [0.05, 0.1) is 24.9 Å². The zero-order valence-corrected chi connectivity index (χ0v) is 27.1. The average molecular weight is 588 g/mol. The minimum absolute atomic E-state index is 0.135. The van der Waals surface area contributed by atoms with Crippen LogP contribution in [0, 0.1) is 0 Å². The Labute approximate surface area is 259 Å². The molecule has 0 bridgehead atoms. The quantitative estimate of drug-likeness (QED) is 0.0520. The summed E-state index contributed by atoms with van der Waals surface area (Å²) in [6, 6.07) is -0.660. The summed E-state index contributed by atoms with van der Waals surface area (Å²) < 4.78 is 0. The minimum Gasteiger partial charge on any atom is -0.394 e. The van der Waals surface area contributed by atoms with Gasteiger partial charge in [-0.3, -0.25) is 4.79 Å². The van der Waals surface area contributed by atoms with Crippen molar-refractivity contribution < 1.29 is 20.1 Å². The van der Waals surface area contributed by atoms with Gasteiger partial charge in [-0.1, -0.05) is 132 Å². The number of hydrogen-bond acceptors (Lipinski definition) is 4. The number of amides is 1. The van der Waals surface area contributed by atoms with E-state index in [-0.39, 0.29) is 18.6 Å². The number of nitrogens with one attached hydrogen (secondary N) is 1. The molecule has 4 N–H and O–H groups in total. The van der Waals surface area contributed by atoms with E-state index in [9.17, 15) is 20.1 Å². The van der Waals surface area contributed by atoms with Gasteiger partial charge in [0.15, 0.2) is 0 Å². The highest BCUT2D eigenvalue weighted by atomic mass is 16.3. The molecule has 5 heteroatoms. The summed E-state index contributed by atoms with van der Waals surface area (Å²) in [6.45, 7) is 3.98. The molecule has 0 aliphatic carbocycles. The third-order valence-electron chi connectivity index (χ3n) is 7.41. The highest BCUT2D eigenvalue weighted by Crippen LogP contribution is 2.12. The predicted octanol–water partition coefficient (Wildman–Crippen LogP) is 8.81. The molecule has 0 aromatic carbocycles. The molecule has 0 heterocycles. The van der Waals surface area contributed by atoms with Crippen LogP contribution in [0.25, 0.3) is 0 Å². The number of carbonyl (C=O) groups excluding carboxylic acids is 1. The lowest BCUT2D eigenvalue weighted by atomic mass is 10.1. The van der Waals surface area contributed by atoms with E-state index in [4.69, 9.17) is 0 Å². The van der Waals surface area contributed by atoms with Gasteiger partial charge in [-0.25, -0.2) is 0 Å². The molecule has 42 heavy (non-hydrogen) atoms. The third-order valence-corrected chi connectivity index (χ3v) is 7.41. The molecule has 0 saturated heterocycles. The van der Waals surface area contributed by atoms with Gasteiger partial charge >= 0.3 is 0 Å². The zero-order chi connectivity index (χ0) is 30.9. The molecule has 0 aromatic rings. The van der Waals surface area contributed by atoms with Gasteiger partial charge in [-0.05, 0) is 64.2 Å². The van der Waals surface area contributed by atoms with Crippen LogP contribution in [0.1, 0.15) is 142 Å². The fourth-order valence-electron chi connectivity index (χ4n) is 4.56. The first kappa shape index (κ1) is 40.1. The summed E-state index contributed by atoms with van der Waals surface area (Å²) in [5, 5.41) is 32.3. The van der Waals surface area contributed by atoms with Crippen molar-refractivity contribution in [3.8, 4) is 0 Å². The van der Waals surface area contributed by atoms with E-state index >= 15 is 0 Å². The van der Waals surface area contributed by atoms with E-state index in [1.54, 1.807) is 6.08 Å². The van der Waals surface area contributed by atoms with Crippen LogP contribution in [0.4, 0.5) is 0 Å². The molecular weight excluding hydrogens is 522 g/mol. The first-order chi connectivity index (χ1) is 20.5. The van der Waals surface area contributed by atoms with Crippen molar-refractivity contribution in [3.05, 3.63) is 60.8 Å². The van der Waals surface area contributed by atoms with E-state index in [0.717, 1.165) is 64.2 Å². The SMILES string of the molecule is CCCCCCCCCCCC/C=C/[C@@H](O)[C@H](CO)NC(=O)CCC/C=C\C/C=C\C/C=C\C/C=C\CC[C@H](O)CC. The van der Waals surface area contributed by atoms with Crippen molar-refractivity contribution in [1.82, 2.24) is 5.32 Å². The van der Waals surface area contributed by atoms with Gasteiger partial charge in [0, 0.05) is 6.42 Å². The van der Waals surface area contributed by atoms with Crippen LogP contribution in [0.2, 0.25) is 0 Å². The molecular formula is C37H65NO4. The van der Waals surface area contributed by atoms with Gasteiger partial charge in [-0.15, -0.1) is 0 Å². The maximum absolute atomic E-state index is 12.3. The van der Waals surface area contributed by atoms with Gasteiger partial charge in [0.2, 0.25) is 5.91 Å². The number of carbonyl (C=O) groups is 1. The van der Waals surface area contributed by atoms with E-state index < -0.39 is 12.1 Å². The minimum atomic E-state index is -0.870. The van der Waals surface area contributed by atoms with Crippen LogP contribution in [0.3, 0.4) is 0 Å². The molecule has 3 atom stereocenters. The molecule has 0 spiro atoms. The molecule has 5 nitrogen and oxygen atoms in total. The highest BCUT2D eigenvalue weighted by molar-refractivity contribution is 5.76. The van der Waals surface area contributed by atoms with Gasteiger partial charge < -0.3 is 20.6 Å². The number of aliphatic hydroxyl groups is 3. The van der Waals surface area contributed by atoms with Crippen molar-refractivity contribution in [3.63, 3.8) is 0 Å². The number of hydrogen-bond donors (Lipinski definition) is 4. The summed E-state index contributed by atoms with van der Waals surface area (Å²) in [5.41, 5.74) is 0. The van der Waals surface area contributed by atoms with Crippen LogP contribution < -0.4 is 5.32 Å². The summed E-state index contributed by atoms with van der Waals surface area (Å²) in [7, 11) is 0. The Morgan fingerprint density at radius 1 is 0.643 bits per heavy atom. The highest BCUT2D eigenvalue weighted by Gasteiger charge is 2.17. The number of rotatable bonds is 29. The van der Waals surface area contributed by atoms with Crippen LogP contribution in [-0.2, 0) is 4.79 Å². The first-order valence-corrected chi connectivity index (χ1v) is 17.1. The standard InChI is InChI=1S/C37H65NO4/c1-3-5-6-7-8-9-10-16-19-22-25-28-31-36(41)35(33-39)38-37(42)32-29-26-23-20-17-14-12-11-13-15-18-21-24-27-30-34(40)4-2/h12-15,20-21,23-24,28,31,34-36,39-41H,3-11,16-19,22,25-27,29-30,32-33H2,1-2H3,(H,38,42)/b14-12-,15-13-,23-20-,24-21-,31-28+/t34-,35+,36-/m1/s1. The molecule has 0 rings (SSSR count). The summed E-state index contributed by atoms with van der Waals surface area (Å²) in [4.78, 5) is 12.3. The Balaban J connectivity index is 3.82. The van der Waals surface area contributed by atoms with E-state index in [0.29, 0.717) is 6.42 Å². The maximum atomic E-state index is 12.3. The lowest BCUT2D eigenvalue weighted by molar-refractivity contribution is -0.122. The topological polar surface area (TPSA) is 89.8 Å². The second kappa shape index (κ2) is 32.0. The fraction of sp³-hybridized carbons (Fsp3) is 0.703. The third kappa shape index (κ3) is 28.2. The fourth-order valence-corrected chi connectivity index (χ4v) is 4.56. The van der Waals surface area contributed by atoms with Gasteiger partial charge in [0.25, 0.3) is 0 Å². The second-order valence-electron chi connectivity index (χ2n) is 11.4. The normalized spacial score (nSPS) is 14.7. The van der Waals surface area contributed by atoms with Crippen molar-refractivity contribution in [2.24, 2.45) is 0 Å². The second-order valence-corrected chi connectivity index (χ2v) is 11.4. The Bertz CT molecular complexity index is 740. The molecule has 0 saturated carbocycles. The van der Waals surface area contributed by atoms with Gasteiger partial charge in [0.1, 0.15) is 0 Å². The van der Waals surface area contributed by atoms with Crippen LogP contribution in [0.5, 0.6) is 0 Å². The van der Waals surface area contributed by atoms with Crippen LogP contribution in [-0.4, -0.2) is 46.1 Å². The summed E-state index contributed by atoms with van der Waals surface area (Å²) in [6.07, 6.45) is 41.0. The Morgan fingerprint density at radius 3 is 1.69 bits per heavy atom. The predicted molar refractivity (Wildman–Crippen MR) is 180 cm³/mol. The molecule has 0 fully saturated rings. The van der Waals surface area contributed by atoms with Crippen LogP contribution >= 0.6 is 0 Å². The molecule has 0 unspecified atom stereocenters. The summed E-state index contributed by atoms with van der Waals surface area (Å²) >= 11 is 0. The number of allylic oxidation sites excluding steroid dienone is 9. The molecule has 242 valence electrons. The van der Waals surface area contributed by atoms with Gasteiger partial charge in [-0.2, -0.15) is 0 Å². The Morgan fingerprint density at radius 2 is 1.14 bits per heavy atom. The molecule has 0 aliphatic rings. The van der Waals surface area contributed by atoms with E-state index in [1.165, 1.54) is 57.8 Å². The summed E-state index contributed by atoms with van der Waals surface area (Å²) in [5.74, 6) is -0.135. The number of aliphatic hydroxyl groups excluding tert-OH is 3. The maximum Gasteiger partial charge on any atom is 0.220 e. The monoisotopic (exact) mass is 587 g/mol. The van der Waals surface area contributed by atoms with E-state index in [1.807, 2.05) is 13.0 Å². The molecule has 0 radical (unpaired) electrons. The molecule has 1 amide bonds. The van der Waals surface area contributed by atoms with Crippen molar-refractivity contribution in [2.45, 2.75) is 161 Å². The van der Waals surface area contributed by atoms with Crippen molar-refractivity contribution in [1.29, 1.82) is 0 Å². The largest absolute Gasteiger partial charge is 0.394 e. The first-order valence-electron chi connectivity index (χ1n) is 17.1. The van der Waals surface area contributed by atoms with Crippen molar-refractivity contribution >= 4 is 5.91 Å². The Kier molecular flexibility index (Phi) is 30.5. The van der Waals surface area contributed by atoms with E-state index in [2.05, 4.69) is 60.8 Å². The van der Waals surface area contributed by atoms with Crippen LogP contribution in [0.15, 0.2) is 60.8 Å². The zero-order valence-electron chi connectivity index (χ0n) is 27.1. The lowest BCUT2D eigenvalue weighted by Gasteiger charge is -2.19. The smallest absolute Gasteiger partial charge is 0.220 e.